The molecule has 0 bridgehead atoms. The van der Waals surface area contributed by atoms with Crippen LogP contribution in [-0.4, -0.2) is 71.6 Å². The first-order chi connectivity index (χ1) is 14.2. The number of anilines is 1. The van der Waals surface area contributed by atoms with Gasteiger partial charge in [-0.25, -0.2) is 19.9 Å². The average molecular weight is 417 g/mol. The fourth-order valence-corrected chi connectivity index (χ4v) is 3.99. The molecule has 0 atom stereocenters. The molecule has 2 aromatic heterocycles. The first-order valence-corrected chi connectivity index (χ1v) is 11.2. The van der Waals surface area contributed by atoms with Crippen LogP contribution in [0.4, 0.5) is 5.95 Å². The average Bonchev–Trinajstić information content (AvgIpc) is 3.23. The van der Waals surface area contributed by atoms with E-state index < -0.39 is 0 Å². The second-order valence-electron chi connectivity index (χ2n) is 7.32. The van der Waals surface area contributed by atoms with E-state index in [-0.39, 0.29) is 0 Å². The van der Waals surface area contributed by atoms with Crippen molar-refractivity contribution in [3.05, 3.63) is 34.5 Å². The summed E-state index contributed by atoms with van der Waals surface area (Å²) in [6.07, 6.45) is 3.60. The van der Waals surface area contributed by atoms with Crippen molar-refractivity contribution in [2.75, 3.05) is 50.7 Å². The second-order valence-corrected chi connectivity index (χ2v) is 8.26. The fourth-order valence-electron chi connectivity index (χ4n) is 3.11. The van der Waals surface area contributed by atoms with Crippen LogP contribution in [0.3, 0.4) is 0 Å². The van der Waals surface area contributed by atoms with Crippen molar-refractivity contribution in [3.8, 4) is 0 Å². The maximum absolute atomic E-state index is 4.69. The van der Waals surface area contributed by atoms with Gasteiger partial charge in [-0.3, -0.25) is 4.90 Å². The monoisotopic (exact) mass is 416 g/mol. The standard InChI is InChI=1S/C20H32N8S/c1-4-21-19(25-14-18-26-17(15-29-18)16(2)3)22-8-9-27-10-12-28(13-11-27)20-23-6-5-7-24-20/h5-7,15-16H,4,8-14H2,1-3H3,(H2,21,22,25). The van der Waals surface area contributed by atoms with Gasteiger partial charge in [0.25, 0.3) is 0 Å². The Labute approximate surface area is 177 Å². The van der Waals surface area contributed by atoms with Gasteiger partial charge in [0.05, 0.1) is 12.2 Å². The number of hydrogen-bond acceptors (Lipinski definition) is 7. The molecular weight excluding hydrogens is 384 g/mol. The van der Waals surface area contributed by atoms with Crippen LogP contribution >= 0.6 is 11.3 Å². The lowest BCUT2D eigenvalue weighted by molar-refractivity contribution is 0.260. The Morgan fingerprint density at radius 1 is 1.17 bits per heavy atom. The molecule has 1 saturated heterocycles. The highest BCUT2D eigenvalue weighted by atomic mass is 32.1. The molecule has 0 aliphatic carbocycles. The van der Waals surface area contributed by atoms with Gasteiger partial charge in [0.2, 0.25) is 5.95 Å². The zero-order chi connectivity index (χ0) is 20.5. The van der Waals surface area contributed by atoms with Crippen LogP contribution in [0, 0.1) is 0 Å². The van der Waals surface area contributed by atoms with E-state index in [4.69, 9.17) is 0 Å². The number of hydrogen-bond donors (Lipinski definition) is 2. The summed E-state index contributed by atoms with van der Waals surface area (Å²) in [7, 11) is 0. The van der Waals surface area contributed by atoms with Crippen molar-refractivity contribution >= 4 is 23.2 Å². The fraction of sp³-hybridized carbons (Fsp3) is 0.600. The van der Waals surface area contributed by atoms with Crippen molar-refractivity contribution in [1.29, 1.82) is 0 Å². The number of aromatic nitrogens is 3. The second kappa shape index (κ2) is 11.1. The third kappa shape index (κ3) is 6.64. The molecule has 0 radical (unpaired) electrons. The van der Waals surface area contributed by atoms with Crippen LogP contribution < -0.4 is 15.5 Å². The van der Waals surface area contributed by atoms with Gasteiger partial charge in [0.1, 0.15) is 5.01 Å². The number of rotatable bonds is 8. The quantitative estimate of drug-likeness (QED) is 0.503. The molecule has 1 aliphatic heterocycles. The molecule has 0 unspecified atom stereocenters. The maximum atomic E-state index is 4.69. The van der Waals surface area contributed by atoms with E-state index in [0.717, 1.165) is 68.4 Å². The van der Waals surface area contributed by atoms with E-state index in [0.29, 0.717) is 12.5 Å². The van der Waals surface area contributed by atoms with E-state index in [1.807, 2.05) is 6.07 Å². The Balaban J connectivity index is 1.41. The minimum atomic E-state index is 0.462. The molecule has 0 spiro atoms. The van der Waals surface area contributed by atoms with Gasteiger partial charge in [0.15, 0.2) is 5.96 Å². The highest BCUT2D eigenvalue weighted by Crippen LogP contribution is 2.18. The van der Waals surface area contributed by atoms with Crippen molar-refractivity contribution in [3.63, 3.8) is 0 Å². The molecule has 2 aromatic rings. The first kappa shape index (κ1) is 21.4. The summed E-state index contributed by atoms with van der Waals surface area (Å²) in [5, 5.41) is 9.96. The largest absolute Gasteiger partial charge is 0.357 e. The van der Waals surface area contributed by atoms with Crippen molar-refractivity contribution < 1.29 is 0 Å². The molecule has 158 valence electrons. The number of nitrogens with zero attached hydrogens (tertiary/aromatic N) is 6. The topological polar surface area (TPSA) is 81.6 Å². The van der Waals surface area contributed by atoms with Crippen molar-refractivity contribution in [2.24, 2.45) is 4.99 Å². The lowest BCUT2D eigenvalue weighted by Gasteiger charge is -2.34. The normalized spacial score (nSPS) is 15.7. The molecule has 1 aliphatic rings. The van der Waals surface area contributed by atoms with E-state index in [9.17, 15) is 0 Å². The lowest BCUT2D eigenvalue weighted by Crippen LogP contribution is -2.49. The molecule has 2 N–H and O–H groups in total. The molecule has 3 rings (SSSR count). The van der Waals surface area contributed by atoms with E-state index in [2.05, 4.69) is 66.5 Å². The molecule has 1 fully saturated rings. The predicted molar refractivity (Wildman–Crippen MR) is 120 cm³/mol. The zero-order valence-electron chi connectivity index (χ0n) is 17.6. The summed E-state index contributed by atoms with van der Waals surface area (Å²) in [6, 6.07) is 1.85. The summed E-state index contributed by atoms with van der Waals surface area (Å²) in [6.45, 7) is 13.7. The summed E-state index contributed by atoms with van der Waals surface area (Å²) in [5.41, 5.74) is 1.15. The molecule has 0 saturated carbocycles. The van der Waals surface area contributed by atoms with E-state index >= 15 is 0 Å². The smallest absolute Gasteiger partial charge is 0.225 e. The van der Waals surface area contributed by atoms with Gasteiger partial charge in [-0.05, 0) is 18.9 Å². The number of aliphatic imine (C=N–C) groups is 1. The lowest BCUT2D eigenvalue weighted by atomic mass is 10.2. The Bertz CT molecular complexity index is 753. The summed E-state index contributed by atoms with van der Waals surface area (Å²) < 4.78 is 0. The highest BCUT2D eigenvalue weighted by Gasteiger charge is 2.18. The number of guanidine groups is 1. The molecule has 3 heterocycles. The molecule has 0 aromatic carbocycles. The van der Waals surface area contributed by atoms with Gasteiger partial charge >= 0.3 is 0 Å². The number of piperazine rings is 1. The van der Waals surface area contributed by atoms with Crippen LogP contribution in [0.1, 0.15) is 37.4 Å². The Morgan fingerprint density at radius 2 is 1.93 bits per heavy atom. The number of nitrogens with one attached hydrogen (secondary N) is 2. The summed E-state index contributed by atoms with van der Waals surface area (Å²) >= 11 is 1.69. The Hall–Kier alpha value is -2.26. The SMILES string of the molecule is CCNC(=NCc1nc(C(C)C)cs1)NCCN1CCN(c2ncccn2)CC1. The van der Waals surface area contributed by atoms with Crippen LogP contribution in [-0.2, 0) is 6.54 Å². The molecule has 29 heavy (non-hydrogen) atoms. The Morgan fingerprint density at radius 3 is 2.59 bits per heavy atom. The van der Waals surface area contributed by atoms with Gasteiger partial charge < -0.3 is 15.5 Å². The van der Waals surface area contributed by atoms with Gasteiger partial charge in [-0.15, -0.1) is 11.3 Å². The van der Waals surface area contributed by atoms with Crippen molar-refractivity contribution in [1.82, 2.24) is 30.5 Å². The van der Waals surface area contributed by atoms with E-state index in [1.54, 1.807) is 23.7 Å². The third-order valence-corrected chi connectivity index (χ3v) is 5.66. The van der Waals surface area contributed by atoms with Gasteiger partial charge in [0, 0.05) is 63.6 Å². The van der Waals surface area contributed by atoms with Crippen LogP contribution in [0.2, 0.25) is 0 Å². The number of thiazole rings is 1. The summed E-state index contributed by atoms with van der Waals surface area (Å²) in [4.78, 5) is 22.8. The molecule has 9 heteroatoms. The zero-order valence-corrected chi connectivity index (χ0v) is 18.5. The van der Waals surface area contributed by atoms with Crippen LogP contribution in [0.25, 0.3) is 0 Å². The molecular formula is C20H32N8S. The first-order valence-electron chi connectivity index (χ1n) is 10.4. The minimum Gasteiger partial charge on any atom is -0.357 e. The van der Waals surface area contributed by atoms with Crippen LogP contribution in [0.15, 0.2) is 28.8 Å². The van der Waals surface area contributed by atoms with E-state index in [1.165, 1.54) is 0 Å². The van der Waals surface area contributed by atoms with Crippen molar-refractivity contribution in [2.45, 2.75) is 33.2 Å². The molecule has 0 amide bonds. The minimum absolute atomic E-state index is 0.462. The van der Waals surface area contributed by atoms with Gasteiger partial charge in [-0.1, -0.05) is 13.8 Å². The summed E-state index contributed by atoms with van der Waals surface area (Å²) in [5.74, 6) is 2.14. The maximum Gasteiger partial charge on any atom is 0.225 e. The van der Waals surface area contributed by atoms with Gasteiger partial charge in [-0.2, -0.15) is 0 Å². The molecule has 8 nitrogen and oxygen atoms in total. The van der Waals surface area contributed by atoms with Crippen LogP contribution in [0.5, 0.6) is 0 Å². The highest BCUT2D eigenvalue weighted by molar-refractivity contribution is 7.09. The Kier molecular flexibility index (Phi) is 8.18. The predicted octanol–water partition coefficient (Wildman–Crippen LogP) is 1.93. The third-order valence-electron chi connectivity index (χ3n) is 4.81.